The van der Waals surface area contributed by atoms with Gasteiger partial charge >= 0.3 is 5.97 Å². The van der Waals surface area contributed by atoms with Crippen molar-refractivity contribution in [2.24, 2.45) is 5.73 Å². The molecule has 0 aliphatic carbocycles. The average molecular weight is 234 g/mol. The Labute approximate surface area is 97.2 Å². The lowest BCUT2D eigenvalue weighted by molar-refractivity contribution is 0.0696. The molecule has 17 heavy (non-hydrogen) atoms. The molecular formula is C11H10N2O4. The van der Waals surface area contributed by atoms with Gasteiger partial charge in [-0.2, -0.15) is 5.26 Å². The molecule has 1 aromatic rings. The molecule has 0 aliphatic heterocycles. The van der Waals surface area contributed by atoms with Crippen LogP contribution in [0.3, 0.4) is 0 Å². The molecule has 0 aliphatic rings. The van der Waals surface area contributed by atoms with Gasteiger partial charge in [-0.3, -0.25) is 4.79 Å². The Hall–Kier alpha value is -2.55. The number of rotatable bonds is 4. The summed E-state index contributed by atoms with van der Waals surface area (Å²) in [5.74, 6) is -1.85. The van der Waals surface area contributed by atoms with Crippen molar-refractivity contribution in [3.63, 3.8) is 0 Å². The van der Waals surface area contributed by atoms with Crippen molar-refractivity contribution < 1.29 is 19.4 Å². The van der Waals surface area contributed by atoms with Crippen LogP contribution >= 0.6 is 0 Å². The standard InChI is InChI=1S/C11H10N2O4/c1-17-9-4-6(2-3-12)7(11(15)16)5-8(9)10(13)14/h4-5H,2H2,1H3,(H2,13,14)(H,15,16). The Morgan fingerprint density at radius 1 is 1.47 bits per heavy atom. The molecular weight excluding hydrogens is 224 g/mol. The molecule has 1 rings (SSSR count). The maximum Gasteiger partial charge on any atom is 0.336 e. The third-order valence-electron chi connectivity index (χ3n) is 2.19. The van der Waals surface area contributed by atoms with Gasteiger partial charge < -0.3 is 15.6 Å². The van der Waals surface area contributed by atoms with Crippen molar-refractivity contribution in [2.75, 3.05) is 7.11 Å². The molecule has 0 unspecified atom stereocenters. The zero-order valence-electron chi connectivity index (χ0n) is 9.06. The molecule has 6 nitrogen and oxygen atoms in total. The molecule has 0 aromatic heterocycles. The fourth-order valence-corrected chi connectivity index (χ4v) is 1.41. The zero-order valence-corrected chi connectivity index (χ0v) is 9.06. The van der Waals surface area contributed by atoms with Gasteiger partial charge in [0, 0.05) is 0 Å². The van der Waals surface area contributed by atoms with Gasteiger partial charge in [0.25, 0.3) is 5.91 Å². The maximum absolute atomic E-state index is 11.1. The van der Waals surface area contributed by atoms with Gasteiger partial charge in [0.15, 0.2) is 0 Å². The number of methoxy groups -OCH3 is 1. The molecule has 0 heterocycles. The van der Waals surface area contributed by atoms with Gasteiger partial charge in [-0.1, -0.05) is 0 Å². The molecule has 0 saturated carbocycles. The van der Waals surface area contributed by atoms with Crippen LogP contribution in [0, 0.1) is 11.3 Å². The van der Waals surface area contributed by atoms with Crippen LogP contribution in [0.1, 0.15) is 26.3 Å². The van der Waals surface area contributed by atoms with Crippen LogP contribution in [0.15, 0.2) is 12.1 Å². The fraction of sp³-hybridized carbons (Fsp3) is 0.182. The second-order valence-electron chi connectivity index (χ2n) is 3.21. The topological polar surface area (TPSA) is 113 Å². The minimum Gasteiger partial charge on any atom is -0.496 e. The summed E-state index contributed by atoms with van der Waals surface area (Å²) in [6, 6.07) is 4.31. The first-order chi connectivity index (χ1) is 8.01. The summed E-state index contributed by atoms with van der Waals surface area (Å²) in [6.07, 6.45) is -0.0863. The first kappa shape index (κ1) is 12.5. The number of nitrogens with two attached hydrogens (primary N) is 1. The third-order valence-corrected chi connectivity index (χ3v) is 2.19. The SMILES string of the molecule is COc1cc(CC#N)c(C(=O)O)cc1C(N)=O. The number of carboxylic acids is 1. The van der Waals surface area contributed by atoms with Gasteiger partial charge in [0.1, 0.15) is 5.75 Å². The monoisotopic (exact) mass is 234 g/mol. The van der Waals surface area contributed by atoms with E-state index in [2.05, 4.69) is 0 Å². The third kappa shape index (κ3) is 2.52. The Kier molecular flexibility index (Phi) is 3.67. The first-order valence-electron chi connectivity index (χ1n) is 4.62. The van der Waals surface area contributed by atoms with E-state index in [9.17, 15) is 9.59 Å². The lowest BCUT2D eigenvalue weighted by atomic mass is 10.0. The highest BCUT2D eigenvalue weighted by atomic mass is 16.5. The van der Waals surface area contributed by atoms with E-state index in [1.165, 1.54) is 13.2 Å². The van der Waals surface area contributed by atoms with Gasteiger partial charge in [0.05, 0.1) is 30.7 Å². The van der Waals surface area contributed by atoms with E-state index in [1.54, 1.807) is 0 Å². The number of nitrogens with zero attached hydrogens (tertiary/aromatic N) is 1. The number of carboxylic acid groups (broad SMARTS) is 1. The number of primary amides is 1. The number of ether oxygens (including phenoxy) is 1. The Bertz CT molecular complexity index is 517. The highest BCUT2D eigenvalue weighted by Gasteiger charge is 2.17. The number of amides is 1. The van der Waals surface area contributed by atoms with Crippen molar-refractivity contribution in [1.82, 2.24) is 0 Å². The van der Waals surface area contributed by atoms with Crippen LogP contribution in [0.25, 0.3) is 0 Å². The van der Waals surface area contributed by atoms with Crippen molar-refractivity contribution in [3.05, 3.63) is 28.8 Å². The number of aromatic carboxylic acids is 1. The van der Waals surface area contributed by atoms with Crippen LogP contribution in [-0.4, -0.2) is 24.1 Å². The maximum atomic E-state index is 11.1. The molecule has 1 amide bonds. The lowest BCUT2D eigenvalue weighted by Crippen LogP contribution is -2.15. The zero-order chi connectivity index (χ0) is 13.0. The minimum absolute atomic E-state index is 0.0217. The lowest BCUT2D eigenvalue weighted by Gasteiger charge is -2.10. The Morgan fingerprint density at radius 3 is 2.53 bits per heavy atom. The number of carbonyl (C=O) groups excluding carboxylic acids is 1. The van der Waals surface area contributed by atoms with E-state index in [1.807, 2.05) is 6.07 Å². The normalized spacial score (nSPS) is 9.41. The first-order valence-corrected chi connectivity index (χ1v) is 4.62. The van der Waals surface area contributed by atoms with E-state index >= 15 is 0 Å². The summed E-state index contributed by atoms with van der Waals surface area (Å²) in [6.45, 7) is 0. The second-order valence-corrected chi connectivity index (χ2v) is 3.21. The molecule has 0 spiro atoms. The molecule has 0 radical (unpaired) electrons. The van der Waals surface area contributed by atoms with Crippen molar-refractivity contribution in [1.29, 1.82) is 5.26 Å². The van der Waals surface area contributed by atoms with Crippen LogP contribution in [0.5, 0.6) is 5.75 Å². The van der Waals surface area contributed by atoms with Crippen molar-refractivity contribution in [2.45, 2.75) is 6.42 Å². The van der Waals surface area contributed by atoms with E-state index < -0.39 is 11.9 Å². The molecule has 0 atom stereocenters. The van der Waals surface area contributed by atoms with E-state index in [4.69, 9.17) is 20.8 Å². The molecule has 3 N–H and O–H groups in total. The summed E-state index contributed by atoms with van der Waals surface area (Å²) in [5, 5.41) is 17.6. The van der Waals surface area contributed by atoms with Crippen LogP contribution in [0.4, 0.5) is 0 Å². The number of hydrogen-bond donors (Lipinski definition) is 2. The van der Waals surface area contributed by atoms with E-state index in [0.717, 1.165) is 6.07 Å². The van der Waals surface area contributed by atoms with Gasteiger partial charge in [0.2, 0.25) is 0 Å². The summed E-state index contributed by atoms with van der Waals surface area (Å²) in [7, 11) is 1.33. The largest absolute Gasteiger partial charge is 0.496 e. The molecule has 0 fully saturated rings. The number of carbonyl (C=O) groups is 2. The van der Waals surface area contributed by atoms with Crippen molar-refractivity contribution >= 4 is 11.9 Å². The van der Waals surface area contributed by atoms with Gasteiger partial charge in [-0.15, -0.1) is 0 Å². The van der Waals surface area contributed by atoms with Crippen LogP contribution in [-0.2, 0) is 6.42 Å². The van der Waals surface area contributed by atoms with Crippen LogP contribution < -0.4 is 10.5 Å². The molecule has 88 valence electrons. The van der Waals surface area contributed by atoms with Crippen LogP contribution in [0.2, 0.25) is 0 Å². The van der Waals surface area contributed by atoms with E-state index in [-0.39, 0.29) is 28.9 Å². The van der Waals surface area contributed by atoms with E-state index in [0.29, 0.717) is 0 Å². The quantitative estimate of drug-likeness (QED) is 0.790. The number of nitriles is 1. The molecule has 0 bridgehead atoms. The van der Waals surface area contributed by atoms with Gasteiger partial charge in [-0.05, 0) is 17.7 Å². The highest BCUT2D eigenvalue weighted by Crippen LogP contribution is 2.24. The predicted octanol–water partition coefficient (Wildman–Crippen LogP) is 0.558. The van der Waals surface area contributed by atoms with Gasteiger partial charge in [-0.25, -0.2) is 4.79 Å². The molecule has 6 heteroatoms. The smallest absolute Gasteiger partial charge is 0.336 e. The van der Waals surface area contributed by atoms with Crippen molar-refractivity contribution in [3.8, 4) is 11.8 Å². The minimum atomic E-state index is -1.22. The summed E-state index contributed by atoms with van der Waals surface area (Å²) >= 11 is 0. The second kappa shape index (κ2) is 4.99. The number of benzene rings is 1. The summed E-state index contributed by atoms with van der Waals surface area (Å²) in [4.78, 5) is 22.1. The average Bonchev–Trinajstić information content (AvgIpc) is 2.28. The fourth-order valence-electron chi connectivity index (χ4n) is 1.41. The highest BCUT2D eigenvalue weighted by molar-refractivity contribution is 5.99. The predicted molar refractivity (Wildman–Crippen MR) is 57.8 cm³/mol. The summed E-state index contributed by atoms with van der Waals surface area (Å²) in [5.41, 5.74) is 5.24. The Balaban J connectivity index is 3.48. The number of hydrogen-bond acceptors (Lipinski definition) is 4. The Morgan fingerprint density at radius 2 is 2.12 bits per heavy atom. The molecule has 1 aromatic carbocycles. The summed E-state index contributed by atoms with van der Waals surface area (Å²) < 4.78 is 4.93. The molecule has 0 saturated heterocycles.